The van der Waals surface area contributed by atoms with Crippen LogP contribution in [0.25, 0.3) is 0 Å². The molecule has 0 aliphatic carbocycles. The first kappa shape index (κ1) is 23.5. The molecule has 0 saturated heterocycles. The number of rotatable bonds is 8. The van der Waals surface area contributed by atoms with Crippen molar-refractivity contribution >= 4 is 23.6 Å². The monoisotopic (exact) mass is 453 g/mol. The summed E-state index contributed by atoms with van der Waals surface area (Å²) in [5, 5.41) is 4.47. The number of hydrogen-bond donors (Lipinski definition) is 0. The first-order chi connectivity index (χ1) is 15.2. The van der Waals surface area contributed by atoms with Crippen LogP contribution in [-0.4, -0.2) is 39.1 Å². The first-order valence-electron chi connectivity index (χ1n) is 10.3. The van der Waals surface area contributed by atoms with Gasteiger partial charge in [-0.2, -0.15) is 0 Å². The van der Waals surface area contributed by atoms with E-state index in [9.17, 15) is 9.59 Å². The van der Waals surface area contributed by atoms with E-state index in [1.54, 1.807) is 23.2 Å². The molecule has 32 heavy (non-hydrogen) atoms. The van der Waals surface area contributed by atoms with E-state index in [0.717, 1.165) is 17.0 Å². The molecule has 0 fully saturated rings. The van der Waals surface area contributed by atoms with Crippen LogP contribution in [0.5, 0.6) is 0 Å². The van der Waals surface area contributed by atoms with E-state index in [2.05, 4.69) is 10.1 Å². The fourth-order valence-electron chi connectivity index (χ4n) is 3.04. The van der Waals surface area contributed by atoms with E-state index in [1.807, 2.05) is 64.1 Å². The number of amides is 1. The molecule has 2 aromatic heterocycles. The third-order valence-electron chi connectivity index (χ3n) is 4.65. The van der Waals surface area contributed by atoms with Gasteiger partial charge in [-0.3, -0.25) is 4.79 Å². The zero-order valence-electron chi connectivity index (χ0n) is 18.7. The summed E-state index contributed by atoms with van der Waals surface area (Å²) in [6.07, 6.45) is 1.61. The van der Waals surface area contributed by atoms with Crippen molar-refractivity contribution in [3.05, 3.63) is 77.3 Å². The number of aromatic nitrogens is 2. The summed E-state index contributed by atoms with van der Waals surface area (Å²) in [6.45, 7) is 7.78. The lowest BCUT2D eigenvalue weighted by molar-refractivity contribution is -0.140. The molecule has 0 N–H and O–H groups in total. The van der Waals surface area contributed by atoms with Gasteiger partial charge in [0, 0.05) is 30.1 Å². The summed E-state index contributed by atoms with van der Waals surface area (Å²) in [5.74, 6) is 0.381. The van der Waals surface area contributed by atoms with Crippen LogP contribution in [-0.2, 0) is 21.8 Å². The molecule has 0 saturated carbocycles. The minimum Gasteiger partial charge on any atom is -0.452 e. The zero-order valence-corrected chi connectivity index (χ0v) is 19.5. The number of nitrogens with zero attached hydrogens (tertiary/aromatic N) is 3. The molecule has 0 atom stereocenters. The number of carbonyl (C=O) groups is 2. The van der Waals surface area contributed by atoms with Gasteiger partial charge in [0.2, 0.25) is 0 Å². The van der Waals surface area contributed by atoms with E-state index in [-0.39, 0.29) is 12.5 Å². The second-order valence-corrected chi connectivity index (χ2v) is 9.25. The molecule has 3 aromatic rings. The predicted octanol–water partition coefficient (Wildman–Crippen LogP) is 4.65. The molecule has 2 heterocycles. The number of aryl methyl sites for hydroxylation is 1. The molecule has 0 aliphatic rings. The summed E-state index contributed by atoms with van der Waals surface area (Å²) in [4.78, 5) is 31.7. The topological polar surface area (TPSA) is 85.5 Å². The number of thioether (sulfide) groups is 1. The van der Waals surface area contributed by atoms with Crippen molar-refractivity contribution in [2.45, 2.75) is 50.6 Å². The molecule has 8 heteroatoms. The second-order valence-electron chi connectivity index (χ2n) is 8.29. The summed E-state index contributed by atoms with van der Waals surface area (Å²) >= 11 is 1.36. The minimum absolute atomic E-state index is 0.258. The van der Waals surface area contributed by atoms with Crippen molar-refractivity contribution in [3.63, 3.8) is 0 Å². The van der Waals surface area contributed by atoms with Crippen molar-refractivity contribution < 1.29 is 18.8 Å². The first-order valence-corrected chi connectivity index (χ1v) is 11.2. The van der Waals surface area contributed by atoms with Gasteiger partial charge in [0.25, 0.3) is 5.91 Å². The molecule has 7 nitrogen and oxygen atoms in total. The normalized spacial score (nSPS) is 11.2. The molecule has 1 aromatic carbocycles. The molecule has 0 bridgehead atoms. The molecule has 0 aliphatic heterocycles. The third-order valence-corrected chi connectivity index (χ3v) is 5.68. The number of ether oxygens (including phenoxy) is 1. The molecule has 168 valence electrons. The van der Waals surface area contributed by atoms with Crippen molar-refractivity contribution in [3.8, 4) is 0 Å². The molecule has 0 radical (unpaired) electrons. The van der Waals surface area contributed by atoms with Crippen molar-refractivity contribution in [1.82, 2.24) is 15.0 Å². The summed E-state index contributed by atoms with van der Waals surface area (Å²) in [6, 6.07) is 14.9. The van der Waals surface area contributed by atoms with Gasteiger partial charge in [-0.15, -0.1) is 0 Å². The number of hydrogen-bond acceptors (Lipinski definition) is 7. The second kappa shape index (κ2) is 10.5. The maximum absolute atomic E-state index is 12.9. The van der Waals surface area contributed by atoms with Crippen LogP contribution in [0, 0.1) is 6.92 Å². The Morgan fingerprint density at radius 2 is 1.88 bits per heavy atom. The maximum atomic E-state index is 12.9. The van der Waals surface area contributed by atoms with Gasteiger partial charge in [-0.05, 0) is 45.4 Å². The van der Waals surface area contributed by atoms with E-state index >= 15 is 0 Å². The number of carbonyl (C=O) groups excluding carboxylic acids is 2. The van der Waals surface area contributed by atoms with Crippen LogP contribution in [0.1, 0.15) is 48.1 Å². The highest BCUT2D eigenvalue weighted by Gasteiger charge is 2.27. The van der Waals surface area contributed by atoms with Crippen LogP contribution >= 0.6 is 11.8 Å². The Hall–Kier alpha value is -3.13. The van der Waals surface area contributed by atoms with Gasteiger partial charge in [0.05, 0.1) is 11.3 Å². The van der Waals surface area contributed by atoms with E-state index in [4.69, 9.17) is 9.26 Å². The molecule has 1 amide bonds. The van der Waals surface area contributed by atoms with Gasteiger partial charge in [-0.1, -0.05) is 47.3 Å². The highest BCUT2D eigenvalue weighted by Crippen LogP contribution is 2.25. The fraction of sp³-hybridized carbons (Fsp3) is 0.333. The van der Waals surface area contributed by atoms with Crippen molar-refractivity contribution in [1.29, 1.82) is 0 Å². The largest absolute Gasteiger partial charge is 0.452 e. The Morgan fingerprint density at radius 3 is 2.53 bits per heavy atom. The minimum atomic E-state index is -0.584. The zero-order chi connectivity index (χ0) is 23.1. The molecular weight excluding hydrogens is 426 g/mol. The smallest absolute Gasteiger partial charge is 0.341 e. The highest BCUT2D eigenvalue weighted by molar-refractivity contribution is 7.98. The van der Waals surface area contributed by atoms with E-state index in [1.165, 1.54) is 11.8 Å². The average molecular weight is 454 g/mol. The number of pyridine rings is 1. The van der Waals surface area contributed by atoms with E-state index in [0.29, 0.717) is 22.9 Å². The van der Waals surface area contributed by atoms with E-state index < -0.39 is 11.5 Å². The number of esters is 1. The van der Waals surface area contributed by atoms with Crippen LogP contribution < -0.4 is 0 Å². The molecule has 0 unspecified atom stereocenters. The van der Waals surface area contributed by atoms with Gasteiger partial charge >= 0.3 is 5.97 Å². The van der Waals surface area contributed by atoms with Crippen LogP contribution in [0.15, 0.2) is 64.3 Å². The molecular formula is C24H27N3O4S. The van der Waals surface area contributed by atoms with Gasteiger partial charge in [0.15, 0.2) is 6.61 Å². The standard InChI is InChI=1S/C24H27N3O4S/c1-17-13-19(26-31-17)16-32-22-20(11-8-12-25-22)23(29)30-15-21(28)27(24(2,3)4)14-18-9-6-5-7-10-18/h5-13H,14-16H2,1-4H3. The van der Waals surface area contributed by atoms with Gasteiger partial charge < -0.3 is 14.2 Å². The van der Waals surface area contributed by atoms with Gasteiger partial charge in [-0.25, -0.2) is 9.78 Å². The predicted molar refractivity (Wildman–Crippen MR) is 122 cm³/mol. The third kappa shape index (κ3) is 6.43. The summed E-state index contributed by atoms with van der Waals surface area (Å²) < 4.78 is 10.5. The Kier molecular flexibility index (Phi) is 7.69. The lowest BCUT2D eigenvalue weighted by Gasteiger charge is -2.35. The van der Waals surface area contributed by atoms with Gasteiger partial charge in [0.1, 0.15) is 10.8 Å². The summed E-state index contributed by atoms with van der Waals surface area (Å²) in [5.41, 5.74) is 1.66. The Bertz CT molecular complexity index is 1060. The Labute approximate surface area is 192 Å². The molecule has 0 spiro atoms. The molecule has 3 rings (SSSR count). The highest BCUT2D eigenvalue weighted by atomic mass is 32.2. The Morgan fingerprint density at radius 1 is 1.12 bits per heavy atom. The lowest BCUT2D eigenvalue weighted by atomic mass is 10.0. The van der Waals surface area contributed by atoms with Crippen LogP contribution in [0.3, 0.4) is 0 Å². The average Bonchev–Trinajstić information content (AvgIpc) is 3.19. The van der Waals surface area contributed by atoms with Crippen molar-refractivity contribution in [2.75, 3.05) is 6.61 Å². The SMILES string of the molecule is Cc1cc(CSc2ncccc2C(=O)OCC(=O)N(Cc2ccccc2)C(C)(C)C)no1. The quantitative estimate of drug-likeness (QED) is 0.362. The summed E-state index contributed by atoms with van der Waals surface area (Å²) in [7, 11) is 0. The Balaban J connectivity index is 1.64. The van der Waals surface area contributed by atoms with Crippen molar-refractivity contribution in [2.24, 2.45) is 0 Å². The lowest BCUT2D eigenvalue weighted by Crippen LogP contribution is -2.46. The van der Waals surface area contributed by atoms with Crippen LogP contribution in [0.2, 0.25) is 0 Å². The fourth-order valence-corrected chi connectivity index (χ4v) is 3.90. The van der Waals surface area contributed by atoms with Crippen LogP contribution in [0.4, 0.5) is 0 Å². The number of benzene rings is 1. The maximum Gasteiger partial charge on any atom is 0.341 e.